The van der Waals surface area contributed by atoms with Gasteiger partial charge in [0, 0.05) is 11.3 Å². The molecule has 0 saturated heterocycles. The molecular formula is C19H15F3N2O2. The predicted molar refractivity (Wildman–Crippen MR) is 90.6 cm³/mol. The Morgan fingerprint density at radius 3 is 2.31 bits per heavy atom. The van der Waals surface area contributed by atoms with Crippen LogP contribution in [-0.2, 0) is 22.2 Å². The number of hydrogen-bond donors (Lipinski definition) is 1. The lowest BCUT2D eigenvalue weighted by molar-refractivity contribution is -0.137. The fourth-order valence-corrected chi connectivity index (χ4v) is 2.99. The third-order valence-electron chi connectivity index (χ3n) is 4.36. The molecule has 0 saturated carbocycles. The number of rotatable bonds is 3. The van der Waals surface area contributed by atoms with Crippen LogP contribution in [0.1, 0.15) is 11.1 Å². The summed E-state index contributed by atoms with van der Waals surface area (Å²) in [4.78, 5) is 25.7. The van der Waals surface area contributed by atoms with E-state index in [1.165, 1.54) is 17.0 Å². The van der Waals surface area contributed by atoms with Crippen LogP contribution in [0, 0.1) is 5.92 Å². The fourth-order valence-electron chi connectivity index (χ4n) is 2.99. The Labute approximate surface area is 147 Å². The van der Waals surface area contributed by atoms with E-state index in [2.05, 4.69) is 6.58 Å². The van der Waals surface area contributed by atoms with Crippen molar-refractivity contribution in [2.75, 3.05) is 4.90 Å². The van der Waals surface area contributed by atoms with Gasteiger partial charge in [-0.1, -0.05) is 24.8 Å². The van der Waals surface area contributed by atoms with E-state index in [0.29, 0.717) is 5.69 Å². The lowest BCUT2D eigenvalue weighted by Gasteiger charge is -2.34. The molecule has 1 aliphatic rings. The van der Waals surface area contributed by atoms with Gasteiger partial charge >= 0.3 is 6.18 Å². The number of amides is 2. The molecule has 2 aromatic rings. The van der Waals surface area contributed by atoms with Gasteiger partial charge in [-0.15, -0.1) is 0 Å². The summed E-state index contributed by atoms with van der Waals surface area (Å²) in [6.45, 7) is 3.60. The van der Waals surface area contributed by atoms with Gasteiger partial charge in [-0.3, -0.25) is 14.5 Å². The van der Waals surface area contributed by atoms with E-state index in [4.69, 9.17) is 5.73 Å². The largest absolute Gasteiger partial charge is 0.416 e. The van der Waals surface area contributed by atoms with Crippen molar-refractivity contribution in [3.8, 4) is 0 Å². The van der Waals surface area contributed by atoms with Gasteiger partial charge in [0.2, 0.25) is 11.8 Å². The molecule has 2 N–H and O–H groups in total. The summed E-state index contributed by atoms with van der Waals surface area (Å²) in [5.74, 6) is -2.09. The van der Waals surface area contributed by atoms with Gasteiger partial charge in [-0.25, -0.2) is 0 Å². The maximum atomic E-state index is 13.0. The number of halogens is 3. The molecule has 4 nitrogen and oxygen atoms in total. The molecular weight excluding hydrogens is 345 g/mol. The van der Waals surface area contributed by atoms with E-state index in [-0.39, 0.29) is 17.7 Å². The second kappa shape index (κ2) is 6.33. The molecule has 2 amide bonds. The molecule has 1 atom stereocenters. The summed E-state index contributed by atoms with van der Waals surface area (Å²) in [5.41, 5.74) is 6.05. The Morgan fingerprint density at radius 1 is 1.12 bits per heavy atom. The number of fused-ring (bicyclic) bond motifs is 1. The monoisotopic (exact) mass is 360 g/mol. The van der Waals surface area contributed by atoms with E-state index in [9.17, 15) is 22.8 Å². The third kappa shape index (κ3) is 3.08. The van der Waals surface area contributed by atoms with Gasteiger partial charge in [0.1, 0.15) is 0 Å². The van der Waals surface area contributed by atoms with Crippen molar-refractivity contribution in [1.82, 2.24) is 0 Å². The van der Waals surface area contributed by atoms with E-state index < -0.39 is 29.5 Å². The van der Waals surface area contributed by atoms with Crippen molar-refractivity contribution in [3.05, 3.63) is 71.8 Å². The second-order valence-electron chi connectivity index (χ2n) is 5.99. The average molecular weight is 360 g/mol. The summed E-state index contributed by atoms with van der Waals surface area (Å²) in [7, 11) is 0. The van der Waals surface area contributed by atoms with Gasteiger partial charge < -0.3 is 5.73 Å². The standard InChI is InChI=1S/C19H15F3N2O2/c1-11(17(23)25)15-10-12-4-2-3-5-16(12)24(18(15)26)14-8-6-13(7-9-14)19(20,21)22/h2-9,15H,1,10H2,(H2,23,25). The number of carbonyl (C=O) groups excluding carboxylic acids is 2. The van der Waals surface area contributed by atoms with Gasteiger partial charge in [0.15, 0.2) is 0 Å². The van der Waals surface area contributed by atoms with Crippen LogP contribution >= 0.6 is 0 Å². The topological polar surface area (TPSA) is 63.4 Å². The minimum atomic E-state index is -4.47. The number of carbonyl (C=O) groups is 2. The van der Waals surface area contributed by atoms with Gasteiger partial charge in [-0.05, 0) is 42.3 Å². The number of alkyl halides is 3. The summed E-state index contributed by atoms with van der Waals surface area (Å²) < 4.78 is 38.4. The van der Waals surface area contributed by atoms with Crippen LogP contribution in [0.4, 0.5) is 24.5 Å². The maximum Gasteiger partial charge on any atom is 0.416 e. The van der Waals surface area contributed by atoms with Crippen molar-refractivity contribution in [2.45, 2.75) is 12.6 Å². The Morgan fingerprint density at radius 2 is 1.73 bits per heavy atom. The number of nitrogens with two attached hydrogens (primary N) is 1. The van der Waals surface area contributed by atoms with Gasteiger partial charge in [0.25, 0.3) is 0 Å². The van der Waals surface area contributed by atoms with Crippen molar-refractivity contribution in [2.24, 2.45) is 11.7 Å². The first-order valence-corrected chi connectivity index (χ1v) is 7.78. The van der Waals surface area contributed by atoms with Crippen molar-refractivity contribution >= 4 is 23.2 Å². The van der Waals surface area contributed by atoms with Crippen LogP contribution in [-0.4, -0.2) is 11.8 Å². The molecule has 1 aliphatic heterocycles. The molecule has 134 valence electrons. The van der Waals surface area contributed by atoms with E-state index in [0.717, 1.165) is 17.7 Å². The number of nitrogens with zero attached hydrogens (tertiary/aromatic N) is 1. The van der Waals surface area contributed by atoms with E-state index in [1.807, 2.05) is 0 Å². The normalized spacial score (nSPS) is 17.0. The summed E-state index contributed by atoms with van der Waals surface area (Å²) in [5, 5.41) is 0. The number of para-hydroxylation sites is 1. The molecule has 0 aliphatic carbocycles. The Bertz CT molecular complexity index is 888. The van der Waals surface area contributed by atoms with Crippen LogP contribution < -0.4 is 10.6 Å². The first kappa shape index (κ1) is 17.7. The Hall–Kier alpha value is -3.09. The molecule has 26 heavy (non-hydrogen) atoms. The SMILES string of the molecule is C=C(C(N)=O)C1Cc2ccccc2N(c2ccc(C(F)(F)F)cc2)C1=O. The molecule has 3 rings (SSSR count). The number of hydrogen-bond acceptors (Lipinski definition) is 2. The molecule has 0 fully saturated rings. The summed E-state index contributed by atoms with van der Waals surface area (Å²) in [6, 6.07) is 11.3. The molecule has 0 radical (unpaired) electrons. The number of benzene rings is 2. The molecule has 7 heteroatoms. The smallest absolute Gasteiger partial charge is 0.366 e. The number of anilines is 2. The first-order chi connectivity index (χ1) is 12.2. The Balaban J connectivity index is 2.08. The van der Waals surface area contributed by atoms with Crippen LogP contribution in [0.5, 0.6) is 0 Å². The highest BCUT2D eigenvalue weighted by Crippen LogP contribution is 2.39. The highest BCUT2D eigenvalue weighted by Gasteiger charge is 2.37. The van der Waals surface area contributed by atoms with Gasteiger partial charge in [-0.2, -0.15) is 13.2 Å². The molecule has 1 unspecified atom stereocenters. The maximum absolute atomic E-state index is 13.0. The van der Waals surface area contributed by atoms with Crippen molar-refractivity contribution < 1.29 is 22.8 Å². The zero-order valence-electron chi connectivity index (χ0n) is 13.6. The second-order valence-corrected chi connectivity index (χ2v) is 5.99. The highest BCUT2D eigenvalue weighted by atomic mass is 19.4. The molecule has 2 aromatic carbocycles. The summed E-state index contributed by atoms with van der Waals surface area (Å²) >= 11 is 0. The average Bonchev–Trinajstić information content (AvgIpc) is 2.60. The lowest BCUT2D eigenvalue weighted by atomic mass is 9.86. The fraction of sp³-hybridized carbons (Fsp3) is 0.158. The van der Waals surface area contributed by atoms with Crippen LogP contribution in [0.3, 0.4) is 0 Å². The molecule has 0 aromatic heterocycles. The highest BCUT2D eigenvalue weighted by molar-refractivity contribution is 6.09. The molecule has 0 spiro atoms. The minimum absolute atomic E-state index is 0.0265. The summed E-state index contributed by atoms with van der Waals surface area (Å²) in [6.07, 6.45) is -4.21. The number of primary amides is 1. The van der Waals surface area contributed by atoms with Crippen molar-refractivity contribution in [3.63, 3.8) is 0 Å². The lowest BCUT2D eigenvalue weighted by Crippen LogP contribution is -2.41. The van der Waals surface area contributed by atoms with Crippen LogP contribution in [0.15, 0.2) is 60.7 Å². The third-order valence-corrected chi connectivity index (χ3v) is 4.36. The first-order valence-electron chi connectivity index (χ1n) is 7.78. The van der Waals surface area contributed by atoms with Gasteiger partial charge in [0.05, 0.1) is 17.2 Å². The minimum Gasteiger partial charge on any atom is -0.366 e. The van der Waals surface area contributed by atoms with E-state index >= 15 is 0 Å². The van der Waals surface area contributed by atoms with Crippen molar-refractivity contribution in [1.29, 1.82) is 0 Å². The predicted octanol–water partition coefficient (Wildman–Crippen LogP) is 3.58. The zero-order chi connectivity index (χ0) is 19.1. The van der Waals surface area contributed by atoms with E-state index in [1.54, 1.807) is 24.3 Å². The zero-order valence-corrected chi connectivity index (χ0v) is 13.6. The molecule has 0 bridgehead atoms. The Kier molecular flexibility index (Phi) is 4.31. The quantitative estimate of drug-likeness (QED) is 0.851. The molecule has 1 heterocycles. The van der Waals surface area contributed by atoms with Crippen LogP contribution in [0.2, 0.25) is 0 Å². The van der Waals surface area contributed by atoms with Crippen LogP contribution in [0.25, 0.3) is 0 Å².